The lowest BCUT2D eigenvalue weighted by molar-refractivity contribution is 0.501. The second-order valence-electron chi connectivity index (χ2n) is 5.37. The second kappa shape index (κ2) is 5.53. The van der Waals surface area contributed by atoms with Gasteiger partial charge in [0.05, 0.1) is 0 Å². The van der Waals surface area contributed by atoms with Gasteiger partial charge in [-0.3, -0.25) is 0 Å². The molecule has 98 valence electrons. The molecule has 0 aliphatic rings. The molecule has 18 heavy (non-hydrogen) atoms. The quantitative estimate of drug-likeness (QED) is 0.877. The van der Waals surface area contributed by atoms with Crippen LogP contribution in [0.25, 0.3) is 11.1 Å². The van der Waals surface area contributed by atoms with Crippen molar-refractivity contribution in [3.05, 3.63) is 29.7 Å². The van der Waals surface area contributed by atoms with Crippen LogP contribution in [0.2, 0.25) is 0 Å². The minimum Gasteiger partial charge on any atom is -0.440 e. The van der Waals surface area contributed by atoms with Gasteiger partial charge in [-0.1, -0.05) is 33.8 Å². The van der Waals surface area contributed by atoms with E-state index in [4.69, 9.17) is 4.42 Å². The summed E-state index contributed by atoms with van der Waals surface area (Å²) < 4.78 is 5.77. The van der Waals surface area contributed by atoms with E-state index in [1.165, 1.54) is 5.56 Å². The summed E-state index contributed by atoms with van der Waals surface area (Å²) >= 11 is 0. The topological polar surface area (TPSA) is 38.1 Å². The Balaban J connectivity index is 2.11. The van der Waals surface area contributed by atoms with Gasteiger partial charge in [-0.05, 0) is 30.7 Å². The zero-order valence-corrected chi connectivity index (χ0v) is 11.7. The fourth-order valence-electron chi connectivity index (χ4n) is 1.89. The third kappa shape index (κ3) is 3.10. The molecule has 1 aromatic carbocycles. The molecule has 1 N–H and O–H groups in total. The van der Waals surface area contributed by atoms with E-state index < -0.39 is 0 Å². The first kappa shape index (κ1) is 13.1. The first-order valence-corrected chi connectivity index (χ1v) is 6.69. The summed E-state index contributed by atoms with van der Waals surface area (Å²) in [6, 6.07) is 6.83. The van der Waals surface area contributed by atoms with Crippen LogP contribution >= 0.6 is 0 Å². The van der Waals surface area contributed by atoms with Gasteiger partial charge in [0, 0.05) is 12.0 Å². The molecule has 0 atom stereocenters. The van der Waals surface area contributed by atoms with Gasteiger partial charge in [0.15, 0.2) is 11.5 Å². The van der Waals surface area contributed by atoms with Crippen LogP contribution < -0.4 is 5.32 Å². The maximum atomic E-state index is 5.77. The van der Waals surface area contributed by atoms with Crippen molar-refractivity contribution in [2.24, 2.45) is 0 Å². The predicted octanol–water partition coefficient (Wildman–Crippen LogP) is 3.49. The molecule has 0 spiro atoms. The molecule has 0 radical (unpaired) electrons. The van der Waals surface area contributed by atoms with Crippen molar-refractivity contribution in [3.63, 3.8) is 0 Å². The molecule has 1 aromatic heterocycles. The highest BCUT2D eigenvalue weighted by atomic mass is 16.3. The average Bonchev–Trinajstić information content (AvgIpc) is 2.71. The zero-order chi connectivity index (χ0) is 13.1. The van der Waals surface area contributed by atoms with Crippen molar-refractivity contribution in [2.75, 3.05) is 6.54 Å². The van der Waals surface area contributed by atoms with E-state index in [1.54, 1.807) is 0 Å². The number of oxazole rings is 1. The number of nitrogens with one attached hydrogen (secondary N) is 1. The van der Waals surface area contributed by atoms with Gasteiger partial charge in [0.25, 0.3) is 0 Å². The fourth-order valence-corrected chi connectivity index (χ4v) is 1.89. The van der Waals surface area contributed by atoms with Gasteiger partial charge in [-0.25, -0.2) is 4.98 Å². The Bertz CT molecular complexity index is 514. The Hall–Kier alpha value is -1.35. The molecule has 0 unspecified atom stereocenters. The van der Waals surface area contributed by atoms with E-state index in [1.807, 2.05) is 0 Å². The standard InChI is InChI=1S/C15H22N2O/c1-10(2)15-17-13-6-5-12(9-14(13)18-15)7-8-16-11(3)4/h5-6,9-11,16H,7-8H2,1-4H3. The van der Waals surface area contributed by atoms with Gasteiger partial charge in [0.1, 0.15) is 5.52 Å². The average molecular weight is 246 g/mol. The smallest absolute Gasteiger partial charge is 0.198 e. The number of fused-ring (bicyclic) bond motifs is 1. The second-order valence-corrected chi connectivity index (χ2v) is 5.37. The number of nitrogens with zero attached hydrogens (tertiary/aromatic N) is 1. The summed E-state index contributed by atoms with van der Waals surface area (Å²) in [5, 5.41) is 3.42. The van der Waals surface area contributed by atoms with E-state index in [0.717, 1.165) is 30.0 Å². The Morgan fingerprint density at radius 3 is 2.67 bits per heavy atom. The third-order valence-corrected chi connectivity index (χ3v) is 2.93. The molecule has 0 amide bonds. The van der Waals surface area contributed by atoms with Gasteiger partial charge >= 0.3 is 0 Å². The van der Waals surface area contributed by atoms with Crippen LogP contribution in [-0.4, -0.2) is 17.6 Å². The van der Waals surface area contributed by atoms with Crippen molar-refractivity contribution >= 4 is 11.1 Å². The Labute approximate surface area is 109 Å². The van der Waals surface area contributed by atoms with Gasteiger partial charge in [-0.2, -0.15) is 0 Å². The molecular weight excluding hydrogens is 224 g/mol. The van der Waals surface area contributed by atoms with E-state index in [0.29, 0.717) is 12.0 Å². The summed E-state index contributed by atoms with van der Waals surface area (Å²) in [5.74, 6) is 1.16. The number of hydrogen-bond acceptors (Lipinski definition) is 3. The Kier molecular flexibility index (Phi) is 4.02. The highest BCUT2D eigenvalue weighted by molar-refractivity contribution is 5.73. The largest absolute Gasteiger partial charge is 0.440 e. The third-order valence-electron chi connectivity index (χ3n) is 2.93. The molecular formula is C15H22N2O. The normalized spacial score (nSPS) is 11.9. The fraction of sp³-hybridized carbons (Fsp3) is 0.533. The lowest BCUT2D eigenvalue weighted by Gasteiger charge is -2.07. The SMILES string of the molecule is CC(C)NCCc1ccc2nc(C(C)C)oc2c1. The highest BCUT2D eigenvalue weighted by Gasteiger charge is 2.09. The van der Waals surface area contributed by atoms with Crippen LogP contribution in [0.1, 0.15) is 45.1 Å². The van der Waals surface area contributed by atoms with E-state index in [9.17, 15) is 0 Å². The minimum atomic E-state index is 0.337. The number of benzene rings is 1. The molecule has 1 heterocycles. The van der Waals surface area contributed by atoms with Crippen LogP contribution in [0.15, 0.2) is 22.6 Å². The van der Waals surface area contributed by atoms with Crippen LogP contribution in [0.3, 0.4) is 0 Å². The zero-order valence-electron chi connectivity index (χ0n) is 11.7. The van der Waals surface area contributed by atoms with Crippen molar-refractivity contribution in [2.45, 2.75) is 46.1 Å². The van der Waals surface area contributed by atoms with Crippen molar-refractivity contribution < 1.29 is 4.42 Å². The molecule has 0 saturated heterocycles. The lowest BCUT2D eigenvalue weighted by atomic mass is 10.1. The van der Waals surface area contributed by atoms with Crippen LogP contribution in [0.5, 0.6) is 0 Å². The highest BCUT2D eigenvalue weighted by Crippen LogP contribution is 2.22. The molecule has 0 saturated carbocycles. The van der Waals surface area contributed by atoms with Gasteiger partial charge < -0.3 is 9.73 Å². The summed E-state index contributed by atoms with van der Waals surface area (Å²) in [7, 11) is 0. The molecule has 0 aliphatic heterocycles. The van der Waals surface area contributed by atoms with E-state index in [-0.39, 0.29) is 0 Å². The first-order chi connectivity index (χ1) is 8.56. The number of aromatic nitrogens is 1. The minimum absolute atomic E-state index is 0.337. The van der Waals surface area contributed by atoms with Crippen LogP contribution in [-0.2, 0) is 6.42 Å². The molecule has 0 bridgehead atoms. The molecule has 2 rings (SSSR count). The van der Waals surface area contributed by atoms with Crippen LogP contribution in [0, 0.1) is 0 Å². The summed E-state index contributed by atoms with van der Waals surface area (Å²) in [6.45, 7) is 9.51. The maximum Gasteiger partial charge on any atom is 0.198 e. The van der Waals surface area contributed by atoms with Crippen LogP contribution in [0.4, 0.5) is 0 Å². The number of rotatable bonds is 5. The predicted molar refractivity (Wildman–Crippen MR) is 74.9 cm³/mol. The summed E-state index contributed by atoms with van der Waals surface area (Å²) in [4.78, 5) is 4.48. The summed E-state index contributed by atoms with van der Waals surface area (Å²) in [5.41, 5.74) is 3.15. The monoisotopic (exact) mass is 246 g/mol. The Morgan fingerprint density at radius 2 is 2.00 bits per heavy atom. The van der Waals surface area contributed by atoms with E-state index in [2.05, 4.69) is 56.2 Å². The molecule has 3 heteroatoms. The molecule has 0 fully saturated rings. The lowest BCUT2D eigenvalue weighted by Crippen LogP contribution is -2.24. The summed E-state index contributed by atoms with van der Waals surface area (Å²) in [6.07, 6.45) is 1.02. The molecule has 0 aliphatic carbocycles. The first-order valence-electron chi connectivity index (χ1n) is 6.69. The molecule has 2 aromatic rings. The van der Waals surface area contributed by atoms with Gasteiger partial charge in [-0.15, -0.1) is 0 Å². The number of hydrogen-bond donors (Lipinski definition) is 1. The van der Waals surface area contributed by atoms with Gasteiger partial charge in [0.2, 0.25) is 0 Å². The van der Waals surface area contributed by atoms with Crippen molar-refractivity contribution in [1.29, 1.82) is 0 Å². The molecule has 3 nitrogen and oxygen atoms in total. The van der Waals surface area contributed by atoms with Crippen molar-refractivity contribution in [3.8, 4) is 0 Å². The van der Waals surface area contributed by atoms with Crippen molar-refractivity contribution in [1.82, 2.24) is 10.3 Å². The maximum absolute atomic E-state index is 5.77. The Morgan fingerprint density at radius 1 is 1.22 bits per heavy atom. The van der Waals surface area contributed by atoms with E-state index >= 15 is 0 Å².